The Bertz CT molecular complexity index is 716. The second-order valence-electron chi connectivity index (χ2n) is 5.67. The highest BCUT2D eigenvalue weighted by Gasteiger charge is 2.42. The number of likely N-dealkylation sites (tertiary alicyclic amines) is 1. The zero-order valence-electron chi connectivity index (χ0n) is 12.7. The van der Waals surface area contributed by atoms with Crippen LogP contribution in [0.2, 0.25) is 0 Å². The minimum absolute atomic E-state index is 0.0902. The first-order chi connectivity index (χ1) is 11.1. The van der Waals surface area contributed by atoms with Gasteiger partial charge in [0.1, 0.15) is 5.82 Å². The van der Waals surface area contributed by atoms with Gasteiger partial charge >= 0.3 is 0 Å². The fourth-order valence-corrected chi connectivity index (χ4v) is 2.98. The van der Waals surface area contributed by atoms with Crippen LogP contribution in [-0.4, -0.2) is 23.8 Å². The van der Waals surface area contributed by atoms with Crippen LogP contribution in [0.1, 0.15) is 18.0 Å². The quantitative estimate of drug-likeness (QED) is 0.947. The lowest BCUT2D eigenvalue weighted by Gasteiger charge is -2.25. The van der Waals surface area contributed by atoms with E-state index in [4.69, 9.17) is 0 Å². The average molecular weight is 312 g/mol. The molecule has 1 saturated heterocycles. The van der Waals surface area contributed by atoms with E-state index >= 15 is 0 Å². The minimum Gasteiger partial charge on any atom is -0.338 e. The molecule has 4 nitrogen and oxygen atoms in total. The Labute approximate surface area is 133 Å². The molecule has 5 heteroatoms. The Morgan fingerprint density at radius 3 is 2.43 bits per heavy atom. The maximum atomic E-state index is 13.1. The van der Waals surface area contributed by atoms with Crippen molar-refractivity contribution in [3.8, 4) is 0 Å². The van der Waals surface area contributed by atoms with Gasteiger partial charge in [-0.25, -0.2) is 4.39 Å². The SMILES string of the molecule is CN1C(=O)C[C@H](C(=O)Nc2ccccc2)[C@H]1c1ccc(F)cc1. The monoisotopic (exact) mass is 312 g/mol. The summed E-state index contributed by atoms with van der Waals surface area (Å²) >= 11 is 0. The normalized spacial score (nSPS) is 20.6. The van der Waals surface area contributed by atoms with Gasteiger partial charge in [-0.2, -0.15) is 0 Å². The number of benzene rings is 2. The molecule has 0 spiro atoms. The van der Waals surface area contributed by atoms with Crippen molar-refractivity contribution in [2.45, 2.75) is 12.5 Å². The van der Waals surface area contributed by atoms with Crippen LogP contribution in [0.15, 0.2) is 54.6 Å². The van der Waals surface area contributed by atoms with Gasteiger partial charge in [-0.15, -0.1) is 0 Å². The molecule has 1 N–H and O–H groups in total. The van der Waals surface area contributed by atoms with Crippen LogP contribution in [0.4, 0.5) is 10.1 Å². The molecule has 0 aromatic heterocycles. The summed E-state index contributed by atoms with van der Waals surface area (Å²) in [4.78, 5) is 26.2. The number of hydrogen-bond donors (Lipinski definition) is 1. The molecule has 23 heavy (non-hydrogen) atoms. The van der Waals surface area contributed by atoms with Crippen molar-refractivity contribution >= 4 is 17.5 Å². The molecule has 3 rings (SSSR count). The molecule has 2 aromatic rings. The van der Waals surface area contributed by atoms with Crippen molar-refractivity contribution in [1.82, 2.24) is 4.90 Å². The highest BCUT2D eigenvalue weighted by Crippen LogP contribution is 2.37. The van der Waals surface area contributed by atoms with Crippen molar-refractivity contribution in [1.29, 1.82) is 0 Å². The van der Waals surface area contributed by atoms with E-state index in [1.165, 1.54) is 12.1 Å². The molecular weight excluding hydrogens is 295 g/mol. The smallest absolute Gasteiger partial charge is 0.230 e. The lowest BCUT2D eigenvalue weighted by Crippen LogP contribution is -2.30. The number of anilines is 1. The van der Waals surface area contributed by atoms with Gasteiger partial charge in [-0.05, 0) is 29.8 Å². The molecule has 1 aliphatic rings. The molecule has 1 fully saturated rings. The van der Waals surface area contributed by atoms with E-state index in [2.05, 4.69) is 5.32 Å². The van der Waals surface area contributed by atoms with Crippen LogP contribution in [0.3, 0.4) is 0 Å². The maximum absolute atomic E-state index is 13.1. The van der Waals surface area contributed by atoms with Gasteiger partial charge < -0.3 is 10.2 Å². The molecule has 118 valence electrons. The first-order valence-electron chi connectivity index (χ1n) is 7.43. The van der Waals surface area contributed by atoms with Crippen molar-refractivity contribution in [2.24, 2.45) is 5.92 Å². The maximum Gasteiger partial charge on any atom is 0.230 e. The molecule has 0 bridgehead atoms. The predicted octanol–water partition coefficient (Wildman–Crippen LogP) is 2.98. The molecule has 1 heterocycles. The Hall–Kier alpha value is -2.69. The number of carbonyl (C=O) groups excluding carboxylic acids is 2. The van der Waals surface area contributed by atoms with Crippen LogP contribution in [0, 0.1) is 11.7 Å². The fourth-order valence-electron chi connectivity index (χ4n) is 2.98. The molecular formula is C18H17FN2O2. The molecule has 0 aliphatic carbocycles. The van der Waals surface area contributed by atoms with E-state index in [0.29, 0.717) is 5.69 Å². The number of carbonyl (C=O) groups is 2. The molecule has 2 atom stereocenters. The van der Waals surface area contributed by atoms with Crippen LogP contribution >= 0.6 is 0 Å². The van der Waals surface area contributed by atoms with Crippen molar-refractivity contribution in [2.75, 3.05) is 12.4 Å². The third kappa shape index (κ3) is 3.08. The standard InChI is InChI=1S/C18H17FN2O2/c1-21-16(22)11-15(17(21)12-7-9-13(19)10-8-12)18(23)20-14-5-3-2-4-6-14/h2-10,15,17H,11H2,1H3,(H,20,23)/t15-,17+/m0/s1. The second kappa shape index (κ2) is 6.20. The highest BCUT2D eigenvalue weighted by atomic mass is 19.1. The van der Waals surface area contributed by atoms with Gasteiger partial charge in [0.15, 0.2) is 0 Å². The Morgan fingerprint density at radius 1 is 1.13 bits per heavy atom. The molecule has 0 radical (unpaired) electrons. The average Bonchev–Trinajstić information content (AvgIpc) is 2.85. The molecule has 2 aromatic carbocycles. The number of halogens is 1. The number of amides is 2. The molecule has 0 unspecified atom stereocenters. The second-order valence-corrected chi connectivity index (χ2v) is 5.67. The van der Waals surface area contributed by atoms with Gasteiger partial charge in [-0.1, -0.05) is 30.3 Å². The summed E-state index contributed by atoms with van der Waals surface area (Å²) in [5.74, 6) is -1.14. The van der Waals surface area contributed by atoms with E-state index in [0.717, 1.165) is 5.56 Å². The zero-order valence-corrected chi connectivity index (χ0v) is 12.7. The van der Waals surface area contributed by atoms with E-state index < -0.39 is 5.92 Å². The van der Waals surface area contributed by atoms with Crippen LogP contribution in [0.5, 0.6) is 0 Å². The third-order valence-electron chi connectivity index (χ3n) is 4.18. The number of hydrogen-bond acceptors (Lipinski definition) is 2. The Balaban J connectivity index is 1.85. The van der Waals surface area contributed by atoms with Crippen LogP contribution < -0.4 is 5.32 Å². The predicted molar refractivity (Wildman–Crippen MR) is 85.1 cm³/mol. The van der Waals surface area contributed by atoms with E-state index in [-0.39, 0.29) is 30.1 Å². The summed E-state index contributed by atoms with van der Waals surface area (Å²) in [6.45, 7) is 0. The number of nitrogens with zero attached hydrogens (tertiary/aromatic N) is 1. The van der Waals surface area contributed by atoms with Gasteiger partial charge in [0.05, 0.1) is 12.0 Å². The first kappa shape index (κ1) is 15.2. The zero-order chi connectivity index (χ0) is 16.4. The summed E-state index contributed by atoms with van der Waals surface area (Å²) in [5, 5.41) is 2.84. The summed E-state index contributed by atoms with van der Waals surface area (Å²) in [7, 11) is 1.67. The van der Waals surface area contributed by atoms with Crippen molar-refractivity contribution in [3.63, 3.8) is 0 Å². The van der Waals surface area contributed by atoms with E-state index in [1.54, 1.807) is 36.2 Å². The third-order valence-corrected chi connectivity index (χ3v) is 4.18. The molecule has 2 amide bonds. The van der Waals surface area contributed by atoms with Gasteiger partial charge in [0, 0.05) is 19.2 Å². The van der Waals surface area contributed by atoms with Crippen molar-refractivity contribution in [3.05, 3.63) is 66.0 Å². The largest absolute Gasteiger partial charge is 0.338 e. The first-order valence-corrected chi connectivity index (χ1v) is 7.43. The summed E-state index contributed by atoms with van der Waals surface area (Å²) < 4.78 is 13.1. The number of para-hydroxylation sites is 1. The highest BCUT2D eigenvalue weighted by molar-refractivity contribution is 5.97. The Kier molecular flexibility index (Phi) is 4.10. The summed E-state index contributed by atoms with van der Waals surface area (Å²) in [6, 6.07) is 14.7. The van der Waals surface area contributed by atoms with Crippen molar-refractivity contribution < 1.29 is 14.0 Å². The topological polar surface area (TPSA) is 49.4 Å². The fraction of sp³-hybridized carbons (Fsp3) is 0.222. The number of rotatable bonds is 3. The van der Waals surface area contributed by atoms with Gasteiger partial charge in [0.25, 0.3) is 0 Å². The van der Waals surface area contributed by atoms with Crippen LogP contribution in [-0.2, 0) is 9.59 Å². The lowest BCUT2D eigenvalue weighted by atomic mass is 9.93. The lowest BCUT2D eigenvalue weighted by molar-refractivity contribution is -0.127. The summed E-state index contributed by atoms with van der Waals surface area (Å²) in [5.41, 5.74) is 1.45. The van der Waals surface area contributed by atoms with E-state index in [1.807, 2.05) is 18.2 Å². The van der Waals surface area contributed by atoms with Gasteiger partial charge in [-0.3, -0.25) is 9.59 Å². The van der Waals surface area contributed by atoms with E-state index in [9.17, 15) is 14.0 Å². The molecule has 1 aliphatic heterocycles. The minimum atomic E-state index is -0.502. The Morgan fingerprint density at radius 2 is 1.78 bits per heavy atom. The number of nitrogens with one attached hydrogen (secondary N) is 1. The summed E-state index contributed by atoms with van der Waals surface area (Å²) in [6.07, 6.45) is 0.150. The van der Waals surface area contributed by atoms with Crippen LogP contribution in [0.25, 0.3) is 0 Å². The molecule has 0 saturated carbocycles. The van der Waals surface area contributed by atoms with Gasteiger partial charge in [0.2, 0.25) is 11.8 Å².